The summed E-state index contributed by atoms with van der Waals surface area (Å²) in [6.07, 6.45) is 0. The Kier molecular flexibility index (Phi) is 6.57. The maximum Gasteiger partial charge on any atom is 0.251 e. The van der Waals surface area contributed by atoms with Gasteiger partial charge in [-0.15, -0.1) is 0 Å². The minimum Gasteiger partial charge on any atom is -0.376 e. The largest absolute Gasteiger partial charge is 0.376 e. The minimum atomic E-state index is -0.895. The van der Waals surface area contributed by atoms with Crippen LogP contribution in [0.1, 0.15) is 51.9 Å². The van der Waals surface area contributed by atoms with Gasteiger partial charge in [-0.3, -0.25) is 9.59 Å². The van der Waals surface area contributed by atoms with E-state index < -0.39 is 5.54 Å². The van der Waals surface area contributed by atoms with Crippen LogP contribution in [0.15, 0.2) is 24.3 Å². The molecule has 1 aromatic rings. The molecule has 0 aromatic heterocycles. The number of carbonyl (C=O) groups excluding carboxylic acids is 2. The average molecular weight is 344 g/mol. The summed E-state index contributed by atoms with van der Waals surface area (Å²) in [6.45, 7) is 11.3. The molecular weight excluding hydrogens is 316 g/mol. The third kappa shape index (κ3) is 6.46. The molecular formula is C19H28N4O2. The van der Waals surface area contributed by atoms with Gasteiger partial charge >= 0.3 is 0 Å². The summed E-state index contributed by atoms with van der Waals surface area (Å²) in [5, 5.41) is 17.9. The van der Waals surface area contributed by atoms with Crippen molar-refractivity contribution in [1.29, 1.82) is 5.26 Å². The van der Waals surface area contributed by atoms with Crippen molar-refractivity contribution in [2.45, 2.75) is 52.6 Å². The van der Waals surface area contributed by atoms with Crippen molar-refractivity contribution in [2.75, 3.05) is 11.9 Å². The molecule has 0 aliphatic carbocycles. The van der Waals surface area contributed by atoms with Gasteiger partial charge in [-0.05, 0) is 57.9 Å². The van der Waals surface area contributed by atoms with Crippen LogP contribution in [0.5, 0.6) is 0 Å². The van der Waals surface area contributed by atoms with Crippen molar-refractivity contribution >= 4 is 17.5 Å². The summed E-state index contributed by atoms with van der Waals surface area (Å²) in [7, 11) is 0. The zero-order chi connectivity index (χ0) is 19.3. The number of amides is 2. The first-order valence-electron chi connectivity index (χ1n) is 8.35. The van der Waals surface area contributed by atoms with Gasteiger partial charge in [0.25, 0.3) is 5.91 Å². The molecule has 1 atom stereocenters. The molecule has 136 valence electrons. The van der Waals surface area contributed by atoms with Crippen LogP contribution >= 0.6 is 0 Å². The third-order valence-corrected chi connectivity index (χ3v) is 3.87. The van der Waals surface area contributed by atoms with Gasteiger partial charge < -0.3 is 16.0 Å². The summed E-state index contributed by atoms with van der Waals surface area (Å²) in [5.41, 5.74) is 0.0938. The number of nitrogens with zero attached hydrogens (tertiary/aromatic N) is 1. The SMILES string of the molecule is CC(C)[C@@](C)(C#N)NC(=O)CNc1ccc(C(=O)NC(C)(C)C)cc1. The molecule has 6 heteroatoms. The Morgan fingerprint density at radius 3 is 2.08 bits per heavy atom. The summed E-state index contributed by atoms with van der Waals surface area (Å²) in [6, 6.07) is 9.04. The Morgan fingerprint density at radius 2 is 1.64 bits per heavy atom. The number of hydrogen-bond acceptors (Lipinski definition) is 4. The number of nitrogens with one attached hydrogen (secondary N) is 3. The second-order valence-electron chi connectivity index (χ2n) is 7.65. The number of nitriles is 1. The second-order valence-corrected chi connectivity index (χ2v) is 7.65. The fourth-order valence-corrected chi connectivity index (χ4v) is 1.97. The molecule has 1 aromatic carbocycles. The number of anilines is 1. The maximum atomic E-state index is 12.1. The first-order valence-corrected chi connectivity index (χ1v) is 8.35. The van der Waals surface area contributed by atoms with Crippen molar-refractivity contribution in [1.82, 2.24) is 10.6 Å². The summed E-state index contributed by atoms with van der Waals surface area (Å²) >= 11 is 0. The minimum absolute atomic E-state index is 0.00191. The van der Waals surface area contributed by atoms with E-state index in [4.69, 9.17) is 0 Å². The van der Waals surface area contributed by atoms with Crippen molar-refractivity contribution in [2.24, 2.45) is 5.92 Å². The van der Waals surface area contributed by atoms with Crippen molar-refractivity contribution < 1.29 is 9.59 Å². The van der Waals surface area contributed by atoms with E-state index in [0.717, 1.165) is 5.69 Å². The maximum absolute atomic E-state index is 12.1. The van der Waals surface area contributed by atoms with Crippen LogP contribution in [-0.4, -0.2) is 29.4 Å². The summed E-state index contributed by atoms with van der Waals surface area (Å²) in [5.74, 6) is -0.395. The van der Waals surface area contributed by atoms with E-state index in [9.17, 15) is 14.9 Å². The number of benzene rings is 1. The van der Waals surface area contributed by atoms with Gasteiger partial charge in [-0.25, -0.2) is 0 Å². The molecule has 25 heavy (non-hydrogen) atoms. The molecule has 3 N–H and O–H groups in total. The molecule has 6 nitrogen and oxygen atoms in total. The lowest BCUT2D eigenvalue weighted by Crippen LogP contribution is -2.50. The lowest BCUT2D eigenvalue weighted by molar-refractivity contribution is -0.121. The molecule has 0 saturated heterocycles. The fourth-order valence-electron chi connectivity index (χ4n) is 1.97. The predicted octanol–water partition coefficient (Wildman–Crippen LogP) is 2.68. The topological polar surface area (TPSA) is 94.0 Å². The Balaban J connectivity index is 2.61. The normalized spacial score (nSPS) is 13.5. The second kappa shape index (κ2) is 8.02. The van der Waals surface area contributed by atoms with E-state index in [1.165, 1.54) is 0 Å². The van der Waals surface area contributed by atoms with Crippen LogP contribution in [-0.2, 0) is 4.79 Å². The number of hydrogen-bond donors (Lipinski definition) is 3. The highest BCUT2D eigenvalue weighted by atomic mass is 16.2. The van der Waals surface area contributed by atoms with Gasteiger partial charge in [-0.1, -0.05) is 13.8 Å². The molecule has 0 bridgehead atoms. The van der Waals surface area contributed by atoms with E-state index >= 15 is 0 Å². The number of carbonyl (C=O) groups is 2. The molecule has 0 fully saturated rings. The fraction of sp³-hybridized carbons (Fsp3) is 0.526. The van der Waals surface area contributed by atoms with Crippen LogP contribution in [0.2, 0.25) is 0 Å². The van der Waals surface area contributed by atoms with Gasteiger partial charge in [0.05, 0.1) is 12.6 Å². The van der Waals surface area contributed by atoms with Crippen LogP contribution in [0.25, 0.3) is 0 Å². The lowest BCUT2D eigenvalue weighted by Gasteiger charge is -2.27. The molecule has 0 spiro atoms. The van der Waals surface area contributed by atoms with Crippen molar-refractivity contribution in [3.63, 3.8) is 0 Å². The summed E-state index contributed by atoms with van der Waals surface area (Å²) in [4.78, 5) is 24.1. The standard InChI is InChI=1S/C19H28N4O2/c1-13(2)19(6,12-20)22-16(24)11-21-15-9-7-14(8-10-15)17(25)23-18(3,4)5/h7-10,13,21H,11H2,1-6H3,(H,22,24)(H,23,25)/t19-/m1/s1. The number of rotatable bonds is 6. The van der Waals surface area contributed by atoms with Gasteiger partial charge in [0.2, 0.25) is 5.91 Å². The first-order chi connectivity index (χ1) is 11.5. The van der Waals surface area contributed by atoms with E-state index in [1.54, 1.807) is 31.2 Å². The van der Waals surface area contributed by atoms with Crippen LogP contribution in [0, 0.1) is 17.2 Å². The molecule has 0 saturated carbocycles. The van der Waals surface area contributed by atoms with Crippen molar-refractivity contribution in [3.05, 3.63) is 29.8 Å². The highest BCUT2D eigenvalue weighted by Crippen LogP contribution is 2.15. The Morgan fingerprint density at radius 1 is 1.08 bits per heavy atom. The smallest absolute Gasteiger partial charge is 0.251 e. The van der Waals surface area contributed by atoms with Crippen LogP contribution in [0.3, 0.4) is 0 Å². The van der Waals surface area contributed by atoms with Gasteiger partial charge in [0.1, 0.15) is 5.54 Å². The highest BCUT2D eigenvalue weighted by Gasteiger charge is 2.29. The molecule has 2 amide bonds. The van der Waals surface area contributed by atoms with E-state index in [2.05, 4.69) is 22.0 Å². The summed E-state index contributed by atoms with van der Waals surface area (Å²) < 4.78 is 0. The zero-order valence-corrected chi connectivity index (χ0v) is 15.9. The Bertz CT molecular complexity index is 653. The third-order valence-electron chi connectivity index (χ3n) is 3.87. The van der Waals surface area contributed by atoms with Gasteiger partial charge in [0, 0.05) is 16.8 Å². The quantitative estimate of drug-likeness (QED) is 0.739. The van der Waals surface area contributed by atoms with E-state index in [1.807, 2.05) is 34.6 Å². The molecule has 0 radical (unpaired) electrons. The predicted molar refractivity (Wildman–Crippen MR) is 99.1 cm³/mol. The lowest BCUT2D eigenvalue weighted by atomic mass is 9.90. The Labute approximate surface area is 150 Å². The van der Waals surface area contributed by atoms with E-state index in [-0.39, 0.29) is 29.8 Å². The van der Waals surface area contributed by atoms with E-state index in [0.29, 0.717) is 5.56 Å². The van der Waals surface area contributed by atoms with Crippen LogP contribution in [0.4, 0.5) is 5.69 Å². The Hall–Kier alpha value is -2.55. The van der Waals surface area contributed by atoms with Crippen LogP contribution < -0.4 is 16.0 Å². The van der Waals surface area contributed by atoms with Gasteiger partial charge in [0.15, 0.2) is 0 Å². The first kappa shape index (κ1) is 20.5. The molecule has 0 aliphatic rings. The highest BCUT2D eigenvalue weighted by molar-refractivity contribution is 5.95. The van der Waals surface area contributed by atoms with Crippen molar-refractivity contribution in [3.8, 4) is 6.07 Å². The molecule has 0 aliphatic heterocycles. The molecule has 0 unspecified atom stereocenters. The molecule has 0 heterocycles. The monoisotopic (exact) mass is 344 g/mol. The van der Waals surface area contributed by atoms with Gasteiger partial charge in [-0.2, -0.15) is 5.26 Å². The average Bonchev–Trinajstić information content (AvgIpc) is 2.51. The molecule has 1 rings (SSSR count). The zero-order valence-electron chi connectivity index (χ0n) is 15.9.